The molecule has 0 saturated heterocycles. The molecule has 0 spiro atoms. The molecule has 0 rings (SSSR count). The molecular weight excluding hydrogens is 158 g/mol. The Bertz CT molecular complexity index is 149. The molecule has 0 aromatic heterocycles. The van der Waals surface area contributed by atoms with Crippen molar-refractivity contribution in [1.29, 1.82) is 5.26 Å². The highest BCUT2D eigenvalue weighted by atomic mass is 16.1. The Hall–Kier alpha value is -1.83. The van der Waals surface area contributed by atoms with Gasteiger partial charge in [0.15, 0.2) is 0 Å². The standard InChI is InChI=1S/C3H7NO.C3H3N.CH3NO/c1-4(2)3-5;1-2-3-4;2-1-3/h3H,1-2H3;2H,1H2;1H,(H2,2,3). The second-order valence-electron chi connectivity index (χ2n) is 1.54. The van der Waals surface area contributed by atoms with Crippen molar-refractivity contribution in [3.05, 3.63) is 12.7 Å². The summed E-state index contributed by atoms with van der Waals surface area (Å²) in [6, 6.07) is 1.69. The molecule has 0 aromatic rings. The minimum atomic E-state index is 0.250. The molecule has 2 N–H and O–H groups in total. The van der Waals surface area contributed by atoms with Crippen molar-refractivity contribution < 1.29 is 9.59 Å². The summed E-state index contributed by atoms with van der Waals surface area (Å²) in [6.45, 7) is 3.12. The highest BCUT2D eigenvalue weighted by Crippen LogP contribution is 1.52. The summed E-state index contributed by atoms with van der Waals surface area (Å²) < 4.78 is 0. The lowest BCUT2D eigenvalue weighted by Gasteiger charge is -1.93. The van der Waals surface area contributed by atoms with E-state index >= 15 is 0 Å². The van der Waals surface area contributed by atoms with E-state index in [1.165, 1.54) is 11.0 Å². The van der Waals surface area contributed by atoms with Crippen LogP contribution in [0.2, 0.25) is 0 Å². The van der Waals surface area contributed by atoms with Gasteiger partial charge < -0.3 is 10.6 Å². The molecule has 0 bridgehead atoms. The predicted octanol–water partition coefficient (Wildman–Crippen LogP) is -0.498. The van der Waals surface area contributed by atoms with E-state index in [0.29, 0.717) is 0 Å². The molecule has 0 fully saturated rings. The maximum absolute atomic E-state index is 9.43. The normalized spacial score (nSPS) is 5.08. The second-order valence-corrected chi connectivity index (χ2v) is 1.54. The quantitative estimate of drug-likeness (QED) is 0.426. The predicted molar refractivity (Wildman–Crippen MR) is 45.8 cm³/mol. The number of hydrogen-bond acceptors (Lipinski definition) is 3. The van der Waals surface area contributed by atoms with Crippen molar-refractivity contribution in [2.75, 3.05) is 14.1 Å². The largest absolute Gasteiger partial charge is 0.372 e. The van der Waals surface area contributed by atoms with E-state index in [2.05, 4.69) is 12.3 Å². The number of carbonyl (C=O) groups excluding carboxylic acids is 2. The number of nitrogens with zero attached hydrogens (tertiary/aromatic N) is 2. The monoisotopic (exact) mass is 171 g/mol. The first kappa shape index (κ1) is 16.6. The highest BCUT2D eigenvalue weighted by molar-refractivity contribution is 5.45. The average molecular weight is 171 g/mol. The summed E-state index contributed by atoms with van der Waals surface area (Å²) >= 11 is 0. The zero-order chi connectivity index (χ0) is 10.4. The van der Waals surface area contributed by atoms with Gasteiger partial charge in [0.05, 0.1) is 6.07 Å². The Balaban J connectivity index is -0.000000105. The van der Waals surface area contributed by atoms with Crippen molar-refractivity contribution in [2.45, 2.75) is 0 Å². The first-order chi connectivity index (χ1) is 5.60. The first-order valence-corrected chi connectivity index (χ1v) is 2.88. The van der Waals surface area contributed by atoms with Crippen LogP contribution < -0.4 is 5.73 Å². The number of allylic oxidation sites excluding steroid dienone is 1. The van der Waals surface area contributed by atoms with Crippen molar-refractivity contribution in [3.63, 3.8) is 0 Å². The lowest BCUT2D eigenvalue weighted by molar-refractivity contribution is -0.116. The molecule has 0 aliphatic rings. The molecular formula is C7H13N3O2. The van der Waals surface area contributed by atoms with Crippen molar-refractivity contribution in [1.82, 2.24) is 4.90 Å². The molecule has 12 heavy (non-hydrogen) atoms. The number of nitriles is 1. The maximum atomic E-state index is 9.43. The van der Waals surface area contributed by atoms with E-state index < -0.39 is 0 Å². The summed E-state index contributed by atoms with van der Waals surface area (Å²) in [5, 5.41) is 7.51. The van der Waals surface area contributed by atoms with Crippen LogP contribution in [0.15, 0.2) is 12.7 Å². The molecule has 0 saturated carbocycles. The van der Waals surface area contributed by atoms with Crippen LogP contribution >= 0.6 is 0 Å². The molecule has 2 amide bonds. The van der Waals surface area contributed by atoms with Gasteiger partial charge in [-0.25, -0.2) is 0 Å². The maximum Gasteiger partial charge on any atom is 0.209 e. The molecule has 0 aromatic carbocycles. The first-order valence-electron chi connectivity index (χ1n) is 2.88. The fourth-order valence-corrected chi connectivity index (χ4v) is 0. The molecule has 0 atom stereocenters. The van der Waals surface area contributed by atoms with Crippen LogP contribution in [0.3, 0.4) is 0 Å². The Morgan fingerprint density at radius 3 is 1.67 bits per heavy atom. The molecule has 0 radical (unpaired) electrons. The van der Waals surface area contributed by atoms with Gasteiger partial charge in [-0.05, 0) is 0 Å². The minimum absolute atomic E-state index is 0.250. The van der Waals surface area contributed by atoms with Crippen LogP contribution in [0.5, 0.6) is 0 Å². The Morgan fingerprint density at radius 2 is 1.67 bits per heavy atom. The van der Waals surface area contributed by atoms with Crippen molar-refractivity contribution >= 4 is 12.8 Å². The van der Waals surface area contributed by atoms with Crippen LogP contribution in [0, 0.1) is 11.3 Å². The molecule has 5 heteroatoms. The number of hydrogen-bond donors (Lipinski definition) is 1. The highest BCUT2D eigenvalue weighted by Gasteiger charge is 1.68. The van der Waals surface area contributed by atoms with E-state index in [-0.39, 0.29) is 6.41 Å². The lowest BCUT2D eigenvalue weighted by atomic mass is 10.8. The summed E-state index contributed by atoms with van der Waals surface area (Å²) in [4.78, 5) is 19.5. The van der Waals surface area contributed by atoms with Crippen molar-refractivity contribution in [2.24, 2.45) is 5.73 Å². The van der Waals surface area contributed by atoms with Crippen LogP contribution in [-0.2, 0) is 9.59 Å². The van der Waals surface area contributed by atoms with Gasteiger partial charge >= 0.3 is 0 Å². The third-order valence-electron chi connectivity index (χ3n) is 0.302. The number of rotatable bonds is 1. The fraction of sp³-hybridized carbons (Fsp3) is 0.286. The van der Waals surface area contributed by atoms with Crippen LogP contribution in [-0.4, -0.2) is 31.8 Å². The summed E-state index contributed by atoms with van der Waals surface area (Å²) in [5.74, 6) is 0. The van der Waals surface area contributed by atoms with Gasteiger partial charge in [0.2, 0.25) is 12.8 Å². The van der Waals surface area contributed by atoms with Gasteiger partial charge in [0.25, 0.3) is 0 Å². The van der Waals surface area contributed by atoms with Gasteiger partial charge in [-0.3, -0.25) is 9.59 Å². The fourth-order valence-electron chi connectivity index (χ4n) is 0. The third-order valence-corrected chi connectivity index (χ3v) is 0.302. The molecule has 0 heterocycles. The topological polar surface area (TPSA) is 87.2 Å². The molecule has 5 nitrogen and oxygen atoms in total. The average Bonchev–Trinajstić information content (AvgIpc) is 2.06. The zero-order valence-electron chi connectivity index (χ0n) is 7.23. The van der Waals surface area contributed by atoms with E-state index in [9.17, 15) is 4.79 Å². The van der Waals surface area contributed by atoms with Gasteiger partial charge in [-0.1, -0.05) is 6.58 Å². The van der Waals surface area contributed by atoms with E-state index in [1.807, 2.05) is 0 Å². The Labute approximate surface area is 72.1 Å². The van der Waals surface area contributed by atoms with Crippen LogP contribution in [0.4, 0.5) is 0 Å². The Kier molecular flexibility index (Phi) is 31.7. The molecule has 68 valence electrons. The summed E-state index contributed by atoms with van der Waals surface area (Å²) in [7, 11) is 3.38. The third kappa shape index (κ3) is 307. The Morgan fingerprint density at radius 1 is 1.50 bits per heavy atom. The summed E-state index contributed by atoms with van der Waals surface area (Å²) in [6.07, 6.45) is 2.18. The minimum Gasteiger partial charge on any atom is -0.372 e. The van der Waals surface area contributed by atoms with Crippen molar-refractivity contribution in [3.8, 4) is 6.07 Å². The molecule has 0 aliphatic carbocycles. The number of amides is 2. The van der Waals surface area contributed by atoms with Gasteiger partial charge in [0, 0.05) is 20.2 Å². The van der Waals surface area contributed by atoms with Gasteiger partial charge in [-0.2, -0.15) is 5.26 Å². The van der Waals surface area contributed by atoms with Crippen LogP contribution in [0.25, 0.3) is 0 Å². The smallest absolute Gasteiger partial charge is 0.209 e. The lowest BCUT2D eigenvalue weighted by Crippen LogP contribution is -2.06. The number of carbonyl (C=O) groups is 2. The SMILES string of the molecule is C=CC#N.CN(C)C=O.NC=O. The number of nitrogens with two attached hydrogens (primary N) is 1. The molecule has 0 aliphatic heterocycles. The second kappa shape index (κ2) is 22.9. The van der Waals surface area contributed by atoms with Crippen LogP contribution in [0.1, 0.15) is 0 Å². The van der Waals surface area contributed by atoms with Gasteiger partial charge in [0.1, 0.15) is 0 Å². The van der Waals surface area contributed by atoms with E-state index in [4.69, 9.17) is 10.1 Å². The van der Waals surface area contributed by atoms with E-state index in [0.717, 1.165) is 6.41 Å². The van der Waals surface area contributed by atoms with E-state index in [1.54, 1.807) is 20.2 Å². The van der Waals surface area contributed by atoms with Gasteiger partial charge in [-0.15, -0.1) is 0 Å². The number of primary amides is 1. The summed E-state index contributed by atoms with van der Waals surface area (Å²) in [5.41, 5.74) is 4.17. The zero-order valence-corrected chi connectivity index (χ0v) is 7.23. The molecule has 0 unspecified atom stereocenters.